The third kappa shape index (κ3) is 4.45. The number of halogens is 1. The van der Waals surface area contributed by atoms with Crippen LogP contribution in [-0.2, 0) is 24.4 Å². The number of hydrogen-bond acceptors (Lipinski definition) is 7. The SMILES string of the molecule is CCOC(=O)N1CCN([C@H]2CS(=O)(=O)C[C@@H]2S(=O)(=O)c2ccc(Cl)cc2)CC1. The Morgan fingerprint density at radius 1 is 1.14 bits per heavy atom. The van der Waals surface area contributed by atoms with Crippen LogP contribution in [0.4, 0.5) is 4.79 Å². The quantitative estimate of drug-likeness (QED) is 0.675. The Labute approximate surface area is 170 Å². The Balaban J connectivity index is 1.80. The summed E-state index contributed by atoms with van der Waals surface area (Å²) in [6.07, 6.45) is -0.411. The smallest absolute Gasteiger partial charge is 0.409 e. The summed E-state index contributed by atoms with van der Waals surface area (Å²) in [5.41, 5.74) is 0. The van der Waals surface area contributed by atoms with E-state index in [4.69, 9.17) is 16.3 Å². The monoisotopic (exact) mass is 450 g/mol. The Bertz CT molecular complexity index is 925. The first-order valence-corrected chi connectivity index (χ1v) is 12.7. The molecule has 0 N–H and O–H groups in total. The second-order valence-corrected chi connectivity index (χ2v) is 11.7. The number of benzene rings is 1. The number of nitrogens with zero attached hydrogens (tertiary/aromatic N) is 2. The van der Waals surface area contributed by atoms with Crippen LogP contribution in [-0.4, -0.2) is 88.3 Å². The van der Waals surface area contributed by atoms with Crippen molar-refractivity contribution in [2.45, 2.75) is 23.1 Å². The summed E-state index contributed by atoms with van der Waals surface area (Å²) in [4.78, 5) is 15.3. The van der Waals surface area contributed by atoms with E-state index < -0.39 is 42.8 Å². The van der Waals surface area contributed by atoms with Crippen molar-refractivity contribution < 1.29 is 26.4 Å². The van der Waals surface area contributed by atoms with Crippen molar-refractivity contribution in [2.24, 2.45) is 0 Å². The zero-order valence-corrected chi connectivity index (χ0v) is 17.8. The molecular formula is C17H23ClN2O6S2. The molecule has 2 aliphatic rings. The van der Waals surface area contributed by atoms with Crippen LogP contribution in [0.1, 0.15) is 6.92 Å². The van der Waals surface area contributed by atoms with Crippen molar-refractivity contribution in [2.75, 3.05) is 44.3 Å². The molecule has 0 unspecified atom stereocenters. The number of rotatable bonds is 4. The van der Waals surface area contributed by atoms with Gasteiger partial charge >= 0.3 is 6.09 Å². The highest BCUT2D eigenvalue weighted by molar-refractivity contribution is 7.96. The molecule has 1 aromatic carbocycles. The number of ether oxygens (including phenoxy) is 1. The number of hydrogen-bond donors (Lipinski definition) is 0. The highest BCUT2D eigenvalue weighted by atomic mass is 35.5. The fourth-order valence-corrected chi connectivity index (χ4v) is 8.64. The third-order valence-electron chi connectivity index (χ3n) is 5.12. The zero-order valence-electron chi connectivity index (χ0n) is 15.5. The molecular weight excluding hydrogens is 428 g/mol. The average Bonchev–Trinajstić information content (AvgIpc) is 2.99. The second kappa shape index (κ2) is 8.17. The minimum absolute atomic E-state index is 0.0640. The van der Waals surface area contributed by atoms with Gasteiger partial charge in [0.05, 0.1) is 28.3 Å². The lowest BCUT2D eigenvalue weighted by atomic mass is 10.2. The van der Waals surface area contributed by atoms with Gasteiger partial charge in [-0.1, -0.05) is 11.6 Å². The van der Waals surface area contributed by atoms with Gasteiger partial charge in [0.1, 0.15) is 0 Å². The molecule has 1 amide bonds. The van der Waals surface area contributed by atoms with E-state index in [1.54, 1.807) is 11.8 Å². The lowest BCUT2D eigenvalue weighted by Gasteiger charge is -2.38. The van der Waals surface area contributed by atoms with E-state index in [2.05, 4.69) is 0 Å². The van der Waals surface area contributed by atoms with Crippen LogP contribution in [0.15, 0.2) is 29.2 Å². The molecule has 0 aromatic heterocycles. The molecule has 2 atom stereocenters. The second-order valence-electron chi connectivity index (χ2n) is 6.90. The molecule has 2 aliphatic heterocycles. The van der Waals surface area contributed by atoms with E-state index in [1.807, 2.05) is 4.90 Å². The topological polar surface area (TPSA) is 101 Å². The Kier molecular flexibility index (Phi) is 6.23. The highest BCUT2D eigenvalue weighted by Gasteiger charge is 2.48. The van der Waals surface area contributed by atoms with Gasteiger partial charge in [-0.3, -0.25) is 4.90 Å². The van der Waals surface area contributed by atoms with Gasteiger partial charge in [0.25, 0.3) is 0 Å². The molecule has 2 saturated heterocycles. The summed E-state index contributed by atoms with van der Waals surface area (Å²) in [5, 5.41) is -0.641. The summed E-state index contributed by atoms with van der Waals surface area (Å²) in [6, 6.07) is 5.11. The van der Waals surface area contributed by atoms with Gasteiger partial charge in [-0.05, 0) is 31.2 Å². The molecule has 3 rings (SSSR count). The van der Waals surface area contributed by atoms with Gasteiger partial charge in [-0.25, -0.2) is 21.6 Å². The van der Waals surface area contributed by atoms with Crippen molar-refractivity contribution in [3.8, 4) is 0 Å². The molecule has 0 aliphatic carbocycles. The number of sulfone groups is 2. The molecule has 2 fully saturated rings. The van der Waals surface area contributed by atoms with Crippen LogP contribution in [0.2, 0.25) is 5.02 Å². The largest absolute Gasteiger partial charge is 0.450 e. The summed E-state index contributed by atoms with van der Waals surface area (Å²) in [5.74, 6) is -0.607. The number of carbonyl (C=O) groups excluding carboxylic acids is 1. The maximum Gasteiger partial charge on any atom is 0.409 e. The third-order valence-corrected chi connectivity index (χ3v) is 9.51. The molecule has 156 valence electrons. The van der Waals surface area contributed by atoms with Crippen molar-refractivity contribution in [3.05, 3.63) is 29.3 Å². The fraction of sp³-hybridized carbons (Fsp3) is 0.588. The number of carbonyl (C=O) groups is 1. The van der Waals surface area contributed by atoms with Crippen LogP contribution in [0.5, 0.6) is 0 Å². The standard InChI is InChI=1S/C17H23ClN2O6S2/c1-2-26-17(21)20-9-7-19(8-10-20)15-11-27(22,23)12-16(15)28(24,25)14-5-3-13(18)4-6-14/h3-6,15-16H,2,7-12H2,1H3/t15-,16-/m0/s1. The maximum absolute atomic E-state index is 13.1. The molecule has 28 heavy (non-hydrogen) atoms. The molecule has 0 spiro atoms. The summed E-state index contributed by atoms with van der Waals surface area (Å²) >= 11 is 5.84. The molecule has 0 bridgehead atoms. The highest BCUT2D eigenvalue weighted by Crippen LogP contribution is 2.30. The van der Waals surface area contributed by atoms with Gasteiger partial charge in [-0.15, -0.1) is 0 Å². The van der Waals surface area contributed by atoms with Crippen molar-refractivity contribution in [1.82, 2.24) is 9.80 Å². The molecule has 2 heterocycles. The van der Waals surface area contributed by atoms with Gasteiger partial charge < -0.3 is 9.64 Å². The molecule has 11 heteroatoms. The lowest BCUT2D eigenvalue weighted by Crippen LogP contribution is -2.55. The van der Waals surface area contributed by atoms with Crippen LogP contribution < -0.4 is 0 Å². The zero-order chi connectivity index (χ0) is 20.5. The Morgan fingerprint density at radius 3 is 2.32 bits per heavy atom. The van der Waals surface area contributed by atoms with E-state index >= 15 is 0 Å². The van der Waals surface area contributed by atoms with E-state index in [9.17, 15) is 21.6 Å². The van der Waals surface area contributed by atoms with Crippen molar-refractivity contribution in [3.63, 3.8) is 0 Å². The number of piperazine rings is 1. The molecule has 0 saturated carbocycles. The first kappa shape index (κ1) is 21.4. The van der Waals surface area contributed by atoms with Crippen LogP contribution in [0, 0.1) is 0 Å². The van der Waals surface area contributed by atoms with E-state index in [0.717, 1.165) is 0 Å². The molecule has 8 nitrogen and oxygen atoms in total. The van der Waals surface area contributed by atoms with Gasteiger partial charge in [0.15, 0.2) is 19.7 Å². The number of amides is 1. The first-order valence-electron chi connectivity index (χ1n) is 8.99. The van der Waals surface area contributed by atoms with Crippen molar-refractivity contribution >= 4 is 37.4 Å². The Hall–Kier alpha value is -1.36. The van der Waals surface area contributed by atoms with Crippen LogP contribution >= 0.6 is 11.6 Å². The summed E-state index contributed by atoms with van der Waals surface area (Å²) < 4.78 is 55.8. The van der Waals surface area contributed by atoms with Crippen LogP contribution in [0.25, 0.3) is 0 Å². The molecule has 0 radical (unpaired) electrons. The van der Waals surface area contributed by atoms with Gasteiger partial charge in [-0.2, -0.15) is 0 Å². The molecule has 1 aromatic rings. The predicted molar refractivity (Wildman–Crippen MR) is 105 cm³/mol. The van der Waals surface area contributed by atoms with Crippen molar-refractivity contribution in [1.29, 1.82) is 0 Å². The van der Waals surface area contributed by atoms with Crippen LogP contribution in [0.3, 0.4) is 0 Å². The average molecular weight is 451 g/mol. The Morgan fingerprint density at radius 2 is 1.75 bits per heavy atom. The lowest BCUT2D eigenvalue weighted by molar-refractivity contribution is 0.0700. The maximum atomic E-state index is 13.1. The minimum atomic E-state index is -3.85. The van der Waals surface area contributed by atoms with Gasteiger partial charge in [0, 0.05) is 37.2 Å². The van der Waals surface area contributed by atoms with E-state index in [1.165, 1.54) is 24.3 Å². The van der Waals surface area contributed by atoms with Gasteiger partial charge in [0.2, 0.25) is 0 Å². The first-order chi connectivity index (χ1) is 13.1. The van der Waals surface area contributed by atoms with E-state index in [0.29, 0.717) is 31.2 Å². The summed E-state index contributed by atoms with van der Waals surface area (Å²) in [6.45, 7) is 3.52. The minimum Gasteiger partial charge on any atom is -0.450 e. The predicted octanol–water partition coefficient (Wildman–Crippen LogP) is 1.05. The summed E-state index contributed by atoms with van der Waals surface area (Å²) in [7, 11) is -7.33. The fourth-order valence-electron chi connectivity index (χ4n) is 3.68. The normalized spacial score (nSPS) is 25.6. The van der Waals surface area contributed by atoms with E-state index in [-0.39, 0.29) is 17.3 Å².